The molecule has 7 nitrogen and oxygen atoms in total. The molecule has 0 unspecified atom stereocenters. The summed E-state index contributed by atoms with van der Waals surface area (Å²) in [5, 5.41) is 15.8. The molecule has 2 aromatic rings. The molecule has 0 fully saturated rings. The topological polar surface area (TPSA) is 88.3 Å². The van der Waals surface area contributed by atoms with E-state index < -0.39 is 5.97 Å². The van der Waals surface area contributed by atoms with E-state index in [0.717, 1.165) is 10.0 Å². The van der Waals surface area contributed by atoms with Gasteiger partial charge in [-0.2, -0.15) is 0 Å². The zero-order chi connectivity index (χ0) is 15.4. The Kier molecular flexibility index (Phi) is 4.69. The molecule has 1 amide bonds. The Morgan fingerprint density at radius 2 is 2.00 bits per heavy atom. The van der Waals surface area contributed by atoms with Crippen molar-refractivity contribution in [3.63, 3.8) is 0 Å². The van der Waals surface area contributed by atoms with Crippen LogP contribution in [-0.4, -0.2) is 43.9 Å². The third-order valence-electron chi connectivity index (χ3n) is 2.81. The van der Waals surface area contributed by atoms with Crippen molar-refractivity contribution < 1.29 is 14.7 Å². The lowest BCUT2D eigenvalue weighted by atomic mass is 10.2. The van der Waals surface area contributed by atoms with E-state index in [0.29, 0.717) is 6.54 Å². The van der Waals surface area contributed by atoms with Crippen LogP contribution in [0.25, 0.3) is 0 Å². The largest absolute Gasteiger partial charge is 0.476 e. The number of carbonyl (C=O) groups excluding carboxylic acids is 1. The molecule has 1 N–H and O–H groups in total. The number of likely N-dealkylation sites (N-methyl/N-ethyl adjacent to an activating group) is 1. The summed E-state index contributed by atoms with van der Waals surface area (Å²) in [5.41, 5.74) is 0.817. The molecule has 0 bridgehead atoms. The molecule has 0 aliphatic carbocycles. The zero-order valence-corrected chi connectivity index (χ0v) is 12.8. The second kappa shape index (κ2) is 6.49. The molecular formula is C13H13BrN4O3. The highest BCUT2D eigenvalue weighted by Crippen LogP contribution is 2.12. The van der Waals surface area contributed by atoms with Gasteiger partial charge in [0, 0.05) is 18.1 Å². The Bertz CT molecular complexity index is 654. The number of benzene rings is 1. The van der Waals surface area contributed by atoms with Crippen LogP contribution in [0.2, 0.25) is 0 Å². The third-order valence-corrected chi connectivity index (χ3v) is 3.34. The van der Waals surface area contributed by atoms with Gasteiger partial charge in [-0.05, 0) is 17.7 Å². The Balaban J connectivity index is 1.95. The maximum absolute atomic E-state index is 12.0. The van der Waals surface area contributed by atoms with Gasteiger partial charge in [0.05, 0.1) is 6.20 Å². The van der Waals surface area contributed by atoms with Crippen LogP contribution in [0.5, 0.6) is 0 Å². The Morgan fingerprint density at radius 1 is 1.33 bits per heavy atom. The van der Waals surface area contributed by atoms with E-state index in [1.54, 1.807) is 11.9 Å². The van der Waals surface area contributed by atoms with Gasteiger partial charge in [-0.3, -0.25) is 4.79 Å². The van der Waals surface area contributed by atoms with Gasteiger partial charge < -0.3 is 10.0 Å². The van der Waals surface area contributed by atoms with Gasteiger partial charge in [-0.25, -0.2) is 9.48 Å². The fourth-order valence-electron chi connectivity index (χ4n) is 1.68. The van der Waals surface area contributed by atoms with E-state index in [2.05, 4.69) is 26.2 Å². The van der Waals surface area contributed by atoms with E-state index in [-0.39, 0.29) is 18.1 Å². The number of aromatic nitrogens is 3. The smallest absolute Gasteiger partial charge is 0.358 e. The minimum absolute atomic E-state index is 0.0483. The lowest BCUT2D eigenvalue weighted by Gasteiger charge is -2.17. The summed E-state index contributed by atoms with van der Waals surface area (Å²) in [6.45, 7) is 0.417. The SMILES string of the molecule is CN(Cc1ccc(Br)cc1)C(=O)Cn1cc(C(=O)O)nn1. The lowest BCUT2D eigenvalue weighted by Crippen LogP contribution is -2.30. The number of nitrogens with zero attached hydrogens (tertiary/aromatic N) is 4. The highest BCUT2D eigenvalue weighted by Gasteiger charge is 2.13. The van der Waals surface area contributed by atoms with Crippen LogP contribution in [0.1, 0.15) is 16.1 Å². The minimum Gasteiger partial charge on any atom is -0.476 e. The summed E-state index contributed by atoms with van der Waals surface area (Å²) in [5.74, 6) is -1.35. The molecule has 0 aliphatic heterocycles. The van der Waals surface area contributed by atoms with E-state index >= 15 is 0 Å². The molecule has 0 saturated carbocycles. The van der Waals surface area contributed by atoms with Crippen LogP contribution in [0.15, 0.2) is 34.9 Å². The number of hydrogen-bond acceptors (Lipinski definition) is 4. The molecule has 1 heterocycles. The fraction of sp³-hybridized carbons (Fsp3) is 0.231. The molecule has 0 atom stereocenters. The van der Waals surface area contributed by atoms with E-state index in [1.165, 1.54) is 10.9 Å². The van der Waals surface area contributed by atoms with Crippen molar-refractivity contribution in [2.45, 2.75) is 13.1 Å². The van der Waals surface area contributed by atoms with E-state index in [9.17, 15) is 9.59 Å². The van der Waals surface area contributed by atoms with Gasteiger partial charge in [0.2, 0.25) is 5.91 Å². The van der Waals surface area contributed by atoms with Crippen LogP contribution in [-0.2, 0) is 17.9 Å². The third kappa shape index (κ3) is 4.12. The summed E-state index contributed by atoms with van der Waals surface area (Å²) in [4.78, 5) is 24.3. The maximum atomic E-state index is 12.0. The van der Waals surface area contributed by atoms with Gasteiger partial charge in [0.15, 0.2) is 5.69 Å². The molecule has 0 saturated heterocycles. The lowest BCUT2D eigenvalue weighted by molar-refractivity contribution is -0.131. The maximum Gasteiger partial charge on any atom is 0.358 e. The number of carboxylic acids is 1. The van der Waals surface area contributed by atoms with Crippen LogP contribution in [0.4, 0.5) is 0 Å². The highest BCUT2D eigenvalue weighted by molar-refractivity contribution is 9.10. The first-order chi connectivity index (χ1) is 9.95. The number of carboxylic acid groups (broad SMARTS) is 1. The second-order valence-corrected chi connectivity index (χ2v) is 5.40. The fourth-order valence-corrected chi connectivity index (χ4v) is 1.95. The Labute approximate surface area is 129 Å². The molecule has 2 rings (SSSR count). The molecule has 1 aromatic carbocycles. The molecule has 1 aromatic heterocycles. The number of hydrogen-bond donors (Lipinski definition) is 1. The summed E-state index contributed by atoms with van der Waals surface area (Å²) in [6.07, 6.45) is 1.23. The Morgan fingerprint density at radius 3 is 2.57 bits per heavy atom. The number of amides is 1. The van der Waals surface area contributed by atoms with Gasteiger partial charge in [-0.1, -0.05) is 33.3 Å². The van der Waals surface area contributed by atoms with Crippen LogP contribution < -0.4 is 0 Å². The first-order valence-electron chi connectivity index (χ1n) is 6.07. The number of carbonyl (C=O) groups is 2. The Hall–Kier alpha value is -2.22. The van der Waals surface area contributed by atoms with E-state index in [1.807, 2.05) is 24.3 Å². The molecule has 8 heteroatoms. The van der Waals surface area contributed by atoms with Crippen molar-refractivity contribution >= 4 is 27.8 Å². The van der Waals surface area contributed by atoms with Crippen LogP contribution in [0, 0.1) is 0 Å². The average molecular weight is 353 g/mol. The van der Waals surface area contributed by atoms with Gasteiger partial charge in [0.25, 0.3) is 0 Å². The predicted molar refractivity (Wildman–Crippen MR) is 77.6 cm³/mol. The first-order valence-corrected chi connectivity index (χ1v) is 6.87. The molecule has 0 spiro atoms. The van der Waals surface area contributed by atoms with Crippen LogP contribution >= 0.6 is 15.9 Å². The van der Waals surface area contributed by atoms with Crippen molar-refractivity contribution in [1.29, 1.82) is 0 Å². The van der Waals surface area contributed by atoms with Crippen molar-refractivity contribution in [3.8, 4) is 0 Å². The molecule has 0 radical (unpaired) electrons. The summed E-state index contributed by atoms with van der Waals surface area (Å²) in [6, 6.07) is 7.66. The highest BCUT2D eigenvalue weighted by atomic mass is 79.9. The van der Waals surface area contributed by atoms with E-state index in [4.69, 9.17) is 5.11 Å². The average Bonchev–Trinajstić information content (AvgIpc) is 2.90. The predicted octanol–water partition coefficient (Wildman–Crippen LogP) is 1.40. The van der Waals surface area contributed by atoms with Crippen molar-refractivity contribution in [1.82, 2.24) is 19.9 Å². The van der Waals surface area contributed by atoms with Crippen molar-refractivity contribution in [2.24, 2.45) is 0 Å². The quantitative estimate of drug-likeness (QED) is 0.878. The normalized spacial score (nSPS) is 10.4. The molecule has 110 valence electrons. The van der Waals surface area contributed by atoms with Gasteiger partial charge >= 0.3 is 5.97 Å². The first kappa shape index (κ1) is 15.2. The zero-order valence-electron chi connectivity index (χ0n) is 11.2. The number of rotatable bonds is 5. The van der Waals surface area contributed by atoms with Crippen LogP contribution in [0.3, 0.4) is 0 Å². The summed E-state index contributed by atoms with van der Waals surface area (Å²) >= 11 is 3.35. The molecular weight excluding hydrogens is 340 g/mol. The monoisotopic (exact) mass is 352 g/mol. The van der Waals surface area contributed by atoms with Crippen molar-refractivity contribution in [3.05, 3.63) is 46.2 Å². The number of aromatic carboxylic acids is 1. The van der Waals surface area contributed by atoms with Gasteiger partial charge in [0.1, 0.15) is 6.54 Å². The van der Waals surface area contributed by atoms with Gasteiger partial charge in [-0.15, -0.1) is 5.10 Å². The minimum atomic E-state index is -1.17. The molecule has 21 heavy (non-hydrogen) atoms. The summed E-state index contributed by atoms with van der Waals surface area (Å²) < 4.78 is 2.19. The molecule has 0 aliphatic rings. The second-order valence-electron chi connectivity index (χ2n) is 4.48. The number of halogens is 1. The van der Waals surface area contributed by atoms with Crippen molar-refractivity contribution in [2.75, 3.05) is 7.05 Å². The summed E-state index contributed by atoms with van der Waals surface area (Å²) in [7, 11) is 1.68. The standard InChI is InChI=1S/C13H13BrN4O3/c1-17(6-9-2-4-10(14)5-3-9)12(19)8-18-7-11(13(20)21)15-16-18/h2-5,7H,6,8H2,1H3,(H,20,21).